The van der Waals surface area contributed by atoms with E-state index in [4.69, 9.17) is 4.74 Å². The summed E-state index contributed by atoms with van der Waals surface area (Å²) < 4.78 is 67.5. The first kappa shape index (κ1) is 23.5. The van der Waals surface area contributed by atoms with Gasteiger partial charge in [0.15, 0.2) is 6.61 Å². The topological polar surface area (TPSA) is 87.7 Å². The Morgan fingerprint density at radius 1 is 1.10 bits per heavy atom. The lowest BCUT2D eigenvalue weighted by Gasteiger charge is -2.16. The summed E-state index contributed by atoms with van der Waals surface area (Å²) in [5, 5.41) is 5.32. The lowest BCUT2D eigenvalue weighted by atomic mass is 10.2. The molecule has 0 heterocycles. The highest BCUT2D eigenvalue weighted by molar-refractivity contribution is 7.89. The smallest absolute Gasteiger partial charge is 0.422 e. The summed E-state index contributed by atoms with van der Waals surface area (Å²) in [5.41, 5.74) is 1.18. The standard InChI is InChI=1S/C19H22F3N3O4S/c1-13-8-9-14(30(27,28)25(2)3)10-16(13)24-18(26)11-23-15-6-4-5-7-17(15)29-12-19(20,21)22/h4-10,23H,11-12H2,1-3H3,(H,24,26). The minimum absolute atomic E-state index is 0.0206. The van der Waals surface area contributed by atoms with E-state index in [9.17, 15) is 26.4 Å². The molecule has 0 fully saturated rings. The lowest BCUT2D eigenvalue weighted by molar-refractivity contribution is -0.153. The van der Waals surface area contributed by atoms with Crippen molar-refractivity contribution in [2.75, 3.05) is 37.9 Å². The average molecular weight is 445 g/mol. The van der Waals surface area contributed by atoms with Gasteiger partial charge in [-0.25, -0.2) is 12.7 Å². The molecule has 1 amide bonds. The van der Waals surface area contributed by atoms with Gasteiger partial charge in [-0.05, 0) is 36.8 Å². The van der Waals surface area contributed by atoms with Crippen LogP contribution in [0.25, 0.3) is 0 Å². The van der Waals surface area contributed by atoms with Gasteiger partial charge < -0.3 is 15.4 Å². The minimum Gasteiger partial charge on any atom is -0.482 e. The van der Waals surface area contributed by atoms with Gasteiger partial charge in [-0.15, -0.1) is 0 Å². The zero-order valence-corrected chi connectivity index (χ0v) is 17.4. The molecule has 0 bridgehead atoms. The molecule has 11 heteroatoms. The second-order valence-electron chi connectivity index (χ2n) is 6.57. The maximum atomic E-state index is 12.4. The second kappa shape index (κ2) is 9.35. The Balaban J connectivity index is 2.08. The molecule has 0 unspecified atom stereocenters. The van der Waals surface area contributed by atoms with Crippen molar-refractivity contribution in [3.8, 4) is 5.75 Å². The molecule has 164 valence electrons. The van der Waals surface area contributed by atoms with Gasteiger partial charge in [-0.1, -0.05) is 18.2 Å². The molecule has 0 spiro atoms. The zero-order valence-electron chi connectivity index (χ0n) is 16.6. The Labute approximate surface area is 172 Å². The Bertz CT molecular complexity index is 1010. The molecule has 2 rings (SSSR count). The van der Waals surface area contributed by atoms with Crippen LogP contribution in [0.5, 0.6) is 5.75 Å². The third kappa shape index (κ3) is 6.36. The van der Waals surface area contributed by atoms with Crippen molar-refractivity contribution >= 4 is 27.3 Å². The van der Waals surface area contributed by atoms with Gasteiger partial charge in [0.1, 0.15) is 5.75 Å². The number of alkyl halides is 3. The predicted octanol–water partition coefficient (Wildman–Crippen LogP) is 3.24. The van der Waals surface area contributed by atoms with Gasteiger partial charge in [-0.2, -0.15) is 13.2 Å². The SMILES string of the molecule is Cc1ccc(S(=O)(=O)N(C)C)cc1NC(=O)CNc1ccccc1OCC(F)(F)F. The lowest BCUT2D eigenvalue weighted by Crippen LogP contribution is -2.24. The van der Waals surface area contributed by atoms with E-state index >= 15 is 0 Å². The molecule has 0 saturated heterocycles. The number of sulfonamides is 1. The highest BCUT2D eigenvalue weighted by atomic mass is 32.2. The number of hydrogen-bond acceptors (Lipinski definition) is 5. The summed E-state index contributed by atoms with van der Waals surface area (Å²) in [5.74, 6) is -0.555. The van der Waals surface area contributed by atoms with Crippen molar-refractivity contribution in [2.45, 2.75) is 18.0 Å². The van der Waals surface area contributed by atoms with Crippen molar-refractivity contribution in [3.63, 3.8) is 0 Å². The summed E-state index contributed by atoms with van der Waals surface area (Å²) in [7, 11) is -0.876. The molecule has 2 aromatic carbocycles. The number of halogens is 3. The first-order valence-electron chi connectivity index (χ1n) is 8.75. The fourth-order valence-electron chi connectivity index (χ4n) is 2.38. The van der Waals surface area contributed by atoms with Gasteiger partial charge in [-0.3, -0.25) is 4.79 Å². The minimum atomic E-state index is -4.49. The number of hydrogen-bond donors (Lipinski definition) is 2. The van der Waals surface area contributed by atoms with E-state index in [1.165, 1.54) is 44.4 Å². The van der Waals surface area contributed by atoms with Gasteiger partial charge in [0.05, 0.1) is 17.1 Å². The van der Waals surface area contributed by atoms with Crippen molar-refractivity contribution in [2.24, 2.45) is 0 Å². The van der Waals surface area contributed by atoms with E-state index in [1.54, 1.807) is 19.1 Å². The number of aryl methyl sites for hydroxylation is 1. The molecule has 0 aliphatic heterocycles. The van der Waals surface area contributed by atoms with Gasteiger partial charge in [0, 0.05) is 19.8 Å². The predicted molar refractivity (Wildman–Crippen MR) is 107 cm³/mol. The number of carbonyl (C=O) groups excluding carboxylic acids is 1. The quantitative estimate of drug-likeness (QED) is 0.652. The molecule has 2 aromatic rings. The fraction of sp³-hybridized carbons (Fsp3) is 0.316. The summed E-state index contributed by atoms with van der Waals surface area (Å²) in [4.78, 5) is 12.3. The molecule has 0 saturated carbocycles. The maximum absolute atomic E-state index is 12.4. The molecular formula is C19H22F3N3O4S. The van der Waals surface area contributed by atoms with Crippen molar-refractivity contribution in [3.05, 3.63) is 48.0 Å². The van der Waals surface area contributed by atoms with Crippen LogP contribution >= 0.6 is 0 Å². The highest BCUT2D eigenvalue weighted by Gasteiger charge is 2.28. The van der Waals surface area contributed by atoms with Gasteiger partial charge in [0.2, 0.25) is 15.9 Å². The van der Waals surface area contributed by atoms with Crippen LogP contribution in [0.3, 0.4) is 0 Å². The van der Waals surface area contributed by atoms with E-state index in [-0.39, 0.29) is 22.9 Å². The van der Waals surface area contributed by atoms with Crippen LogP contribution < -0.4 is 15.4 Å². The molecule has 30 heavy (non-hydrogen) atoms. The molecule has 0 aliphatic carbocycles. The van der Waals surface area contributed by atoms with Gasteiger partial charge in [0.25, 0.3) is 0 Å². The number of rotatable bonds is 8. The van der Waals surface area contributed by atoms with Crippen LogP contribution in [0.2, 0.25) is 0 Å². The first-order chi connectivity index (χ1) is 13.9. The molecular weight excluding hydrogens is 423 g/mol. The number of anilines is 2. The van der Waals surface area contributed by atoms with Crippen LogP contribution in [0.1, 0.15) is 5.56 Å². The number of ether oxygens (including phenoxy) is 1. The molecule has 2 N–H and O–H groups in total. The Kier molecular flexibility index (Phi) is 7.32. The van der Waals surface area contributed by atoms with Gasteiger partial charge >= 0.3 is 6.18 Å². The Hall–Kier alpha value is -2.79. The number of nitrogens with zero attached hydrogens (tertiary/aromatic N) is 1. The van der Waals surface area contributed by atoms with Crippen LogP contribution in [-0.4, -0.2) is 52.1 Å². The molecule has 0 aliphatic rings. The third-order valence-corrected chi connectivity index (χ3v) is 5.79. The van der Waals surface area contributed by atoms with Crippen molar-refractivity contribution in [1.29, 1.82) is 0 Å². The van der Waals surface area contributed by atoms with E-state index < -0.39 is 28.7 Å². The highest BCUT2D eigenvalue weighted by Crippen LogP contribution is 2.26. The summed E-state index contributed by atoms with van der Waals surface area (Å²) >= 11 is 0. The largest absolute Gasteiger partial charge is 0.482 e. The number of amides is 1. The van der Waals surface area contributed by atoms with Crippen LogP contribution in [0.15, 0.2) is 47.4 Å². The molecule has 0 atom stereocenters. The van der Waals surface area contributed by atoms with Crippen LogP contribution in [0, 0.1) is 6.92 Å². The van der Waals surface area contributed by atoms with Crippen LogP contribution in [-0.2, 0) is 14.8 Å². The Morgan fingerprint density at radius 2 is 1.77 bits per heavy atom. The molecule has 0 aromatic heterocycles. The van der Waals surface area contributed by atoms with E-state index in [0.29, 0.717) is 11.3 Å². The number of carbonyl (C=O) groups is 1. The van der Waals surface area contributed by atoms with E-state index in [0.717, 1.165) is 4.31 Å². The molecule has 7 nitrogen and oxygen atoms in total. The van der Waals surface area contributed by atoms with E-state index in [2.05, 4.69) is 10.6 Å². The first-order valence-corrected chi connectivity index (χ1v) is 10.2. The molecule has 0 radical (unpaired) electrons. The average Bonchev–Trinajstić information content (AvgIpc) is 2.66. The van der Waals surface area contributed by atoms with Crippen molar-refractivity contribution in [1.82, 2.24) is 4.31 Å². The normalized spacial score (nSPS) is 12.0. The summed E-state index contributed by atoms with van der Waals surface area (Å²) in [6, 6.07) is 10.3. The maximum Gasteiger partial charge on any atom is 0.422 e. The second-order valence-corrected chi connectivity index (χ2v) is 8.72. The summed E-state index contributed by atoms with van der Waals surface area (Å²) in [6.07, 6.45) is -4.49. The Morgan fingerprint density at radius 3 is 2.40 bits per heavy atom. The number of para-hydroxylation sites is 2. The number of benzene rings is 2. The van der Waals surface area contributed by atoms with E-state index in [1.807, 2.05) is 0 Å². The number of nitrogens with one attached hydrogen (secondary N) is 2. The zero-order chi connectivity index (χ0) is 22.5. The van der Waals surface area contributed by atoms with Crippen LogP contribution in [0.4, 0.5) is 24.5 Å². The third-order valence-electron chi connectivity index (χ3n) is 3.98. The van der Waals surface area contributed by atoms with Crippen molar-refractivity contribution < 1.29 is 31.1 Å². The monoisotopic (exact) mass is 445 g/mol. The fourth-order valence-corrected chi connectivity index (χ4v) is 3.30. The summed E-state index contributed by atoms with van der Waals surface area (Å²) in [6.45, 7) is -0.0178.